The molecule has 0 radical (unpaired) electrons. The average molecular weight is 325 g/mol. The maximum absolute atomic E-state index is 12.3. The van der Waals surface area contributed by atoms with Gasteiger partial charge in [-0.1, -0.05) is 6.92 Å². The van der Waals surface area contributed by atoms with Crippen LogP contribution < -0.4 is 5.32 Å². The van der Waals surface area contributed by atoms with Crippen LogP contribution in [0.4, 0.5) is 0 Å². The lowest BCUT2D eigenvalue weighted by atomic mass is 10.1. The Hall–Kier alpha value is -2.81. The van der Waals surface area contributed by atoms with E-state index >= 15 is 0 Å². The number of aromatic nitrogens is 3. The van der Waals surface area contributed by atoms with E-state index < -0.39 is 0 Å². The largest absolute Gasteiger partial charge is 0.349 e. The van der Waals surface area contributed by atoms with Gasteiger partial charge in [-0.2, -0.15) is 10.4 Å². The molecule has 2 rings (SSSR count). The number of hydrogen-bond donors (Lipinski definition) is 1. The number of nitriles is 1. The van der Waals surface area contributed by atoms with Gasteiger partial charge in [0.05, 0.1) is 6.20 Å². The van der Waals surface area contributed by atoms with Crippen LogP contribution in [-0.2, 0) is 24.9 Å². The standard InChI is InChI=1S/C18H23N5O/c1-5-6-23-13(2)7-16(14(23)3)8-17(9-19)18(24)20-10-15-11-21-22(4)12-15/h7-8,11-12H,5-6,10H2,1-4H3,(H,20,24). The van der Waals surface area contributed by atoms with Gasteiger partial charge in [0.15, 0.2) is 0 Å². The van der Waals surface area contributed by atoms with E-state index in [0.717, 1.165) is 35.5 Å². The van der Waals surface area contributed by atoms with Crippen LogP contribution in [0.1, 0.15) is 35.9 Å². The number of hydrogen-bond acceptors (Lipinski definition) is 3. The summed E-state index contributed by atoms with van der Waals surface area (Å²) >= 11 is 0. The van der Waals surface area contributed by atoms with Crippen molar-refractivity contribution in [2.45, 2.75) is 40.3 Å². The first kappa shape index (κ1) is 17.5. The zero-order valence-electron chi connectivity index (χ0n) is 14.6. The van der Waals surface area contributed by atoms with E-state index in [1.807, 2.05) is 39.2 Å². The number of nitrogens with zero attached hydrogens (tertiary/aromatic N) is 4. The van der Waals surface area contributed by atoms with Crippen LogP contribution in [0.5, 0.6) is 0 Å². The first-order chi connectivity index (χ1) is 11.5. The van der Waals surface area contributed by atoms with Crippen LogP contribution in [0.3, 0.4) is 0 Å². The van der Waals surface area contributed by atoms with Gasteiger partial charge in [0.2, 0.25) is 0 Å². The number of aryl methyl sites for hydroxylation is 2. The highest BCUT2D eigenvalue weighted by Crippen LogP contribution is 2.18. The Morgan fingerprint density at radius 1 is 1.46 bits per heavy atom. The molecule has 0 aliphatic carbocycles. The van der Waals surface area contributed by atoms with Crippen molar-refractivity contribution >= 4 is 12.0 Å². The van der Waals surface area contributed by atoms with Crippen molar-refractivity contribution in [3.8, 4) is 6.07 Å². The summed E-state index contributed by atoms with van der Waals surface area (Å²) < 4.78 is 3.87. The van der Waals surface area contributed by atoms with Crippen molar-refractivity contribution in [3.63, 3.8) is 0 Å². The Morgan fingerprint density at radius 2 is 2.21 bits per heavy atom. The Kier molecular flexibility index (Phi) is 5.59. The molecule has 0 aliphatic rings. The highest BCUT2D eigenvalue weighted by molar-refractivity contribution is 6.01. The first-order valence-electron chi connectivity index (χ1n) is 8.00. The van der Waals surface area contributed by atoms with Gasteiger partial charge < -0.3 is 9.88 Å². The summed E-state index contributed by atoms with van der Waals surface area (Å²) in [5.74, 6) is -0.373. The third-order valence-electron chi connectivity index (χ3n) is 3.94. The molecule has 2 aromatic rings. The smallest absolute Gasteiger partial charge is 0.262 e. The van der Waals surface area contributed by atoms with E-state index in [-0.39, 0.29) is 11.5 Å². The van der Waals surface area contributed by atoms with Crippen molar-refractivity contribution < 1.29 is 4.79 Å². The van der Waals surface area contributed by atoms with Gasteiger partial charge in [-0.25, -0.2) is 0 Å². The summed E-state index contributed by atoms with van der Waals surface area (Å²) in [7, 11) is 1.82. The van der Waals surface area contributed by atoms with E-state index in [0.29, 0.717) is 6.54 Å². The summed E-state index contributed by atoms with van der Waals surface area (Å²) in [6, 6.07) is 4.01. The third kappa shape index (κ3) is 3.93. The van der Waals surface area contributed by atoms with E-state index in [9.17, 15) is 10.1 Å². The molecule has 2 heterocycles. The van der Waals surface area contributed by atoms with Gasteiger partial charge >= 0.3 is 0 Å². The molecule has 0 saturated carbocycles. The lowest BCUT2D eigenvalue weighted by molar-refractivity contribution is -0.117. The normalized spacial score (nSPS) is 11.4. The Balaban J connectivity index is 2.15. The predicted molar refractivity (Wildman–Crippen MR) is 92.8 cm³/mol. The lowest BCUT2D eigenvalue weighted by Gasteiger charge is -2.07. The summed E-state index contributed by atoms with van der Waals surface area (Å²) in [6.45, 7) is 7.45. The average Bonchev–Trinajstić information content (AvgIpc) is 3.08. The molecule has 1 amide bonds. The van der Waals surface area contributed by atoms with Crippen LogP contribution in [-0.4, -0.2) is 20.3 Å². The zero-order chi connectivity index (χ0) is 17.7. The van der Waals surface area contributed by atoms with Crippen molar-refractivity contribution in [1.82, 2.24) is 19.7 Å². The van der Waals surface area contributed by atoms with Crippen molar-refractivity contribution in [3.05, 3.63) is 46.5 Å². The SMILES string of the molecule is CCCn1c(C)cc(C=C(C#N)C(=O)NCc2cnn(C)c2)c1C. The minimum absolute atomic E-state index is 0.107. The van der Waals surface area contributed by atoms with Crippen LogP contribution in [0.25, 0.3) is 6.08 Å². The maximum atomic E-state index is 12.3. The third-order valence-corrected chi connectivity index (χ3v) is 3.94. The molecule has 24 heavy (non-hydrogen) atoms. The molecule has 0 spiro atoms. The van der Waals surface area contributed by atoms with Gasteiger partial charge in [-0.3, -0.25) is 9.48 Å². The topological polar surface area (TPSA) is 75.6 Å². The molecule has 0 unspecified atom stereocenters. The van der Waals surface area contributed by atoms with Gasteiger partial charge in [-0.15, -0.1) is 0 Å². The molecule has 0 atom stereocenters. The monoisotopic (exact) mass is 325 g/mol. The minimum Gasteiger partial charge on any atom is -0.349 e. The summed E-state index contributed by atoms with van der Waals surface area (Å²) in [5, 5.41) is 16.1. The fourth-order valence-corrected chi connectivity index (χ4v) is 2.69. The molecule has 2 aromatic heterocycles. The molecule has 0 aliphatic heterocycles. The molecule has 126 valence electrons. The van der Waals surface area contributed by atoms with Crippen LogP contribution in [0.2, 0.25) is 0 Å². The van der Waals surface area contributed by atoms with E-state index in [2.05, 4.69) is 21.9 Å². The molecule has 6 heteroatoms. The number of amides is 1. The van der Waals surface area contributed by atoms with Gasteiger partial charge in [-0.05, 0) is 38.0 Å². The second-order valence-electron chi connectivity index (χ2n) is 5.85. The van der Waals surface area contributed by atoms with Crippen molar-refractivity contribution in [2.24, 2.45) is 7.05 Å². The Labute approximate surface area is 142 Å². The molecular weight excluding hydrogens is 302 g/mol. The van der Waals surface area contributed by atoms with Crippen molar-refractivity contribution in [1.29, 1.82) is 5.26 Å². The zero-order valence-corrected chi connectivity index (χ0v) is 14.6. The summed E-state index contributed by atoms with van der Waals surface area (Å²) in [6.07, 6.45) is 6.21. The molecule has 6 nitrogen and oxygen atoms in total. The fraction of sp³-hybridized carbons (Fsp3) is 0.389. The number of nitrogens with one attached hydrogen (secondary N) is 1. The molecule has 0 aromatic carbocycles. The summed E-state index contributed by atoms with van der Waals surface area (Å²) in [5.41, 5.74) is 4.12. The first-order valence-corrected chi connectivity index (χ1v) is 8.00. The minimum atomic E-state index is -0.373. The predicted octanol–water partition coefficient (Wildman–Crippen LogP) is 2.47. The molecular formula is C18H23N5O. The van der Waals surface area contributed by atoms with Gasteiger partial charge in [0, 0.05) is 43.3 Å². The van der Waals surface area contributed by atoms with Crippen LogP contribution in [0.15, 0.2) is 24.0 Å². The molecule has 1 N–H and O–H groups in total. The maximum Gasteiger partial charge on any atom is 0.262 e. The van der Waals surface area contributed by atoms with Gasteiger partial charge in [0.25, 0.3) is 5.91 Å². The lowest BCUT2D eigenvalue weighted by Crippen LogP contribution is -2.23. The number of carbonyl (C=O) groups excluding carboxylic acids is 1. The summed E-state index contributed by atoms with van der Waals surface area (Å²) in [4.78, 5) is 12.3. The van der Waals surface area contributed by atoms with Gasteiger partial charge in [0.1, 0.15) is 11.6 Å². The number of rotatable bonds is 6. The second kappa shape index (κ2) is 7.64. The quantitative estimate of drug-likeness (QED) is 0.655. The highest BCUT2D eigenvalue weighted by Gasteiger charge is 2.12. The molecule has 0 fully saturated rings. The van der Waals surface area contributed by atoms with Crippen molar-refractivity contribution in [2.75, 3.05) is 0 Å². The highest BCUT2D eigenvalue weighted by atomic mass is 16.1. The van der Waals surface area contributed by atoms with E-state index in [1.54, 1.807) is 17.0 Å². The Bertz CT molecular complexity index is 804. The Morgan fingerprint density at radius 3 is 2.79 bits per heavy atom. The number of carbonyl (C=O) groups is 1. The fourth-order valence-electron chi connectivity index (χ4n) is 2.69. The van der Waals surface area contributed by atoms with Crippen LogP contribution in [0, 0.1) is 25.2 Å². The van der Waals surface area contributed by atoms with Crippen LogP contribution >= 0.6 is 0 Å². The second-order valence-corrected chi connectivity index (χ2v) is 5.85. The van der Waals surface area contributed by atoms with E-state index in [1.165, 1.54) is 0 Å². The molecule has 0 saturated heterocycles. The molecule has 0 bridgehead atoms. The van der Waals surface area contributed by atoms with E-state index in [4.69, 9.17) is 0 Å².